The number of carbonyl (C=O) groups is 2. The van der Waals surface area contributed by atoms with Crippen LogP contribution in [-0.2, 0) is 11.3 Å². The Morgan fingerprint density at radius 2 is 2.20 bits per heavy atom. The van der Waals surface area contributed by atoms with Crippen LogP contribution in [0.1, 0.15) is 58.5 Å². The zero-order valence-corrected chi connectivity index (χ0v) is 18.0. The van der Waals surface area contributed by atoms with Crippen LogP contribution in [0.25, 0.3) is 10.2 Å². The lowest BCUT2D eigenvalue weighted by Crippen LogP contribution is -2.38. The van der Waals surface area contributed by atoms with Gasteiger partial charge in [-0.3, -0.25) is 9.69 Å². The average Bonchev–Trinajstić information content (AvgIpc) is 3.42. The number of carbonyl (C=O) groups excluding carboxylic acids is 2. The lowest BCUT2D eigenvalue weighted by molar-refractivity contribution is 0.0607. The van der Waals surface area contributed by atoms with E-state index in [9.17, 15) is 9.59 Å². The number of likely N-dealkylation sites (tertiary alicyclic amines) is 1. The van der Waals surface area contributed by atoms with Crippen LogP contribution in [0.4, 0.5) is 5.69 Å². The molecule has 1 N–H and O–H groups in total. The van der Waals surface area contributed by atoms with Gasteiger partial charge in [-0.25, -0.2) is 9.78 Å². The van der Waals surface area contributed by atoms with Crippen LogP contribution in [0.15, 0.2) is 34.9 Å². The van der Waals surface area contributed by atoms with Gasteiger partial charge in [0, 0.05) is 18.0 Å². The lowest BCUT2D eigenvalue weighted by Gasteiger charge is -2.34. The fourth-order valence-corrected chi connectivity index (χ4v) is 5.05. The number of nitrogens with one attached hydrogen (secondary N) is 1. The molecule has 1 aliphatic heterocycles. The summed E-state index contributed by atoms with van der Waals surface area (Å²) in [6, 6.07) is 7.69. The van der Waals surface area contributed by atoms with Gasteiger partial charge in [0.15, 0.2) is 5.76 Å². The number of piperidine rings is 1. The topological polar surface area (TPSA) is 84.7 Å². The summed E-state index contributed by atoms with van der Waals surface area (Å²) in [6.07, 6.45) is 6.30. The molecule has 0 aliphatic carbocycles. The largest absolute Gasteiger partial charge is 0.465 e. The Labute approximate surface area is 179 Å². The quantitative estimate of drug-likeness (QED) is 0.575. The predicted octanol–water partition coefficient (Wildman–Crippen LogP) is 4.69. The molecule has 1 fully saturated rings. The van der Waals surface area contributed by atoms with E-state index in [1.54, 1.807) is 12.1 Å². The maximum atomic E-state index is 12.5. The molecule has 1 aliphatic rings. The first-order valence-corrected chi connectivity index (χ1v) is 11.0. The number of hydrogen-bond acceptors (Lipinski definition) is 7. The fraction of sp³-hybridized carbons (Fsp3) is 0.409. The van der Waals surface area contributed by atoms with Crippen molar-refractivity contribution >= 4 is 39.1 Å². The minimum absolute atomic E-state index is 0.172. The second-order valence-electron chi connectivity index (χ2n) is 7.41. The minimum atomic E-state index is -0.503. The van der Waals surface area contributed by atoms with Crippen molar-refractivity contribution in [1.29, 1.82) is 0 Å². The van der Waals surface area contributed by atoms with Crippen LogP contribution in [0.5, 0.6) is 0 Å². The number of ether oxygens (including phenoxy) is 1. The highest BCUT2D eigenvalue weighted by molar-refractivity contribution is 7.21. The van der Waals surface area contributed by atoms with Crippen molar-refractivity contribution < 1.29 is 18.7 Å². The van der Waals surface area contributed by atoms with Gasteiger partial charge in [-0.15, -0.1) is 11.3 Å². The molecule has 1 atom stereocenters. The minimum Gasteiger partial charge on any atom is -0.465 e. The number of nitrogens with zero attached hydrogens (tertiary/aromatic N) is 2. The first-order valence-electron chi connectivity index (χ1n) is 10.2. The summed E-state index contributed by atoms with van der Waals surface area (Å²) in [7, 11) is 1.32. The van der Waals surface area contributed by atoms with Crippen molar-refractivity contribution in [3.8, 4) is 0 Å². The molecule has 1 saturated heterocycles. The van der Waals surface area contributed by atoms with Gasteiger partial charge < -0.3 is 14.5 Å². The molecular weight excluding hydrogens is 402 g/mol. The van der Waals surface area contributed by atoms with Crippen molar-refractivity contribution in [1.82, 2.24) is 9.88 Å². The van der Waals surface area contributed by atoms with E-state index in [4.69, 9.17) is 14.1 Å². The Bertz CT molecular complexity index is 1040. The number of rotatable bonds is 6. The molecule has 0 saturated carbocycles. The number of hydrogen-bond donors (Lipinski definition) is 1. The normalized spacial score (nSPS) is 17.2. The molecule has 158 valence electrons. The SMILES string of the molecule is CC[C@H]1CCCCN1Cc1ccc2c(NC(=O)c3ccco3)c(C(=O)OC)sc2n1. The molecule has 0 bridgehead atoms. The van der Waals surface area contributed by atoms with Gasteiger partial charge in [-0.05, 0) is 50.1 Å². The van der Waals surface area contributed by atoms with E-state index < -0.39 is 11.9 Å². The van der Waals surface area contributed by atoms with Crippen molar-refractivity contribution in [2.75, 3.05) is 19.0 Å². The molecule has 0 spiro atoms. The summed E-state index contributed by atoms with van der Waals surface area (Å²) in [4.78, 5) is 33.1. The van der Waals surface area contributed by atoms with Gasteiger partial charge in [-0.1, -0.05) is 13.3 Å². The number of pyridine rings is 1. The van der Waals surface area contributed by atoms with Crippen LogP contribution in [0.2, 0.25) is 0 Å². The zero-order chi connectivity index (χ0) is 21.1. The number of amides is 1. The summed E-state index contributed by atoms with van der Waals surface area (Å²) in [5.74, 6) is -0.755. The van der Waals surface area contributed by atoms with Crippen molar-refractivity contribution in [3.63, 3.8) is 0 Å². The van der Waals surface area contributed by atoms with E-state index >= 15 is 0 Å². The lowest BCUT2D eigenvalue weighted by atomic mass is 10.00. The summed E-state index contributed by atoms with van der Waals surface area (Å²) in [5.41, 5.74) is 1.37. The monoisotopic (exact) mass is 427 g/mol. The first kappa shape index (κ1) is 20.6. The summed E-state index contributed by atoms with van der Waals surface area (Å²) >= 11 is 1.23. The number of fused-ring (bicyclic) bond motifs is 1. The Kier molecular flexibility index (Phi) is 6.15. The molecule has 3 aromatic rings. The van der Waals surface area contributed by atoms with Gasteiger partial charge >= 0.3 is 5.97 Å². The van der Waals surface area contributed by atoms with Crippen molar-refractivity contribution in [3.05, 3.63) is 46.9 Å². The molecule has 4 heterocycles. The number of anilines is 1. The third-order valence-electron chi connectivity index (χ3n) is 5.55. The van der Waals surface area contributed by atoms with Gasteiger partial charge in [-0.2, -0.15) is 0 Å². The first-order chi connectivity index (χ1) is 14.6. The Hall–Kier alpha value is -2.71. The number of esters is 1. The molecule has 1 amide bonds. The van der Waals surface area contributed by atoms with Gasteiger partial charge in [0.1, 0.15) is 9.71 Å². The van der Waals surface area contributed by atoms with E-state index in [0.29, 0.717) is 21.4 Å². The summed E-state index contributed by atoms with van der Waals surface area (Å²) < 4.78 is 10.1. The molecule has 7 nitrogen and oxygen atoms in total. The predicted molar refractivity (Wildman–Crippen MR) is 116 cm³/mol. The van der Waals surface area contributed by atoms with Crippen LogP contribution >= 0.6 is 11.3 Å². The number of methoxy groups -OCH3 is 1. The van der Waals surface area contributed by atoms with E-state index in [-0.39, 0.29) is 5.76 Å². The maximum Gasteiger partial charge on any atom is 0.350 e. The third kappa shape index (κ3) is 4.11. The molecule has 0 unspecified atom stereocenters. The average molecular weight is 428 g/mol. The number of aromatic nitrogens is 1. The number of thiophene rings is 1. The molecule has 3 aromatic heterocycles. The Morgan fingerprint density at radius 1 is 1.33 bits per heavy atom. The smallest absolute Gasteiger partial charge is 0.350 e. The second-order valence-corrected chi connectivity index (χ2v) is 8.41. The Balaban J connectivity index is 1.65. The van der Waals surface area contributed by atoms with Crippen molar-refractivity contribution in [2.24, 2.45) is 0 Å². The standard InChI is InChI=1S/C22H25N3O4S/c1-3-15-7-4-5-11-25(15)13-14-9-10-16-18(24-20(26)17-8-6-12-29-17)19(22(27)28-2)30-21(16)23-14/h6,8-10,12,15H,3-5,7,11,13H2,1-2H3,(H,24,26)/t15-/m0/s1. The molecule has 30 heavy (non-hydrogen) atoms. The second kappa shape index (κ2) is 8.97. The van der Waals surface area contributed by atoms with Crippen molar-refractivity contribution in [2.45, 2.75) is 45.2 Å². The molecule has 0 aromatic carbocycles. The van der Waals surface area contributed by atoms with E-state index in [1.165, 1.54) is 44.0 Å². The van der Waals surface area contributed by atoms with Crippen LogP contribution in [0.3, 0.4) is 0 Å². The van der Waals surface area contributed by atoms with Gasteiger partial charge in [0.2, 0.25) is 0 Å². The Morgan fingerprint density at radius 3 is 2.93 bits per heavy atom. The fourth-order valence-electron chi connectivity index (χ4n) is 3.99. The highest BCUT2D eigenvalue weighted by Gasteiger charge is 2.24. The van der Waals surface area contributed by atoms with E-state index in [0.717, 1.165) is 30.6 Å². The highest BCUT2D eigenvalue weighted by Crippen LogP contribution is 2.36. The van der Waals surface area contributed by atoms with Crippen LogP contribution < -0.4 is 5.32 Å². The van der Waals surface area contributed by atoms with E-state index in [2.05, 4.69) is 17.1 Å². The van der Waals surface area contributed by atoms with Crippen LogP contribution in [-0.4, -0.2) is 41.5 Å². The summed E-state index contributed by atoms with van der Waals surface area (Å²) in [6.45, 7) is 4.10. The molecule has 4 rings (SSSR count). The van der Waals surface area contributed by atoms with Gasteiger partial charge in [0.05, 0.1) is 24.8 Å². The maximum absolute atomic E-state index is 12.5. The zero-order valence-electron chi connectivity index (χ0n) is 17.1. The summed E-state index contributed by atoms with van der Waals surface area (Å²) in [5, 5.41) is 3.51. The van der Waals surface area contributed by atoms with E-state index in [1.807, 2.05) is 12.1 Å². The van der Waals surface area contributed by atoms with Crippen LogP contribution in [0, 0.1) is 0 Å². The number of furan rings is 1. The molecule has 8 heteroatoms. The molecular formula is C22H25N3O4S. The van der Waals surface area contributed by atoms with Gasteiger partial charge in [0.25, 0.3) is 5.91 Å². The molecule has 0 radical (unpaired) electrons. The highest BCUT2D eigenvalue weighted by atomic mass is 32.1. The third-order valence-corrected chi connectivity index (χ3v) is 6.63.